The Bertz CT molecular complexity index is 712. The van der Waals surface area contributed by atoms with Crippen LogP contribution in [-0.2, 0) is 4.79 Å². The quantitative estimate of drug-likeness (QED) is 0.367. The number of carboxylic acids is 1. The molecular weight excluding hydrogens is 457 g/mol. The Morgan fingerprint density at radius 3 is 2.21 bits per heavy atom. The molecule has 0 aromatic rings. The monoisotopic (exact) mass is 504 g/mol. The van der Waals surface area contributed by atoms with E-state index in [9.17, 15) is 18.0 Å². The van der Waals surface area contributed by atoms with Crippen LogP contribution in [0.4, 0.5) is 13.2 Å². The Hall–Kier alpha value is -0.390. The number of rotatable bonds is 5. The number of aliphatic carboxylic acids is 1. The zero-order chi connectivity index (χ0) is 25.4. The molecule has 34 heavy (non-hydrogen) atoms. The van der Waals surface area contributed by atoms with Gasteiger partial charge in [-0.15, -0.1) is 0 Å². The van der Waals surface area contributed by atoms with Crippen molar-refractivity contribution in [3.8, 4) is 0 Å². The number of hydrogen-bond acceptors (Lipinski definition) is 2. The van der Waals surface area contributed by atoms with E-state index in [1.807, 2.05) is 6.92 Å². The third-order valence-corrected chi connectivity index (χ3v) is 11.8. The molecule has 0 aromatic carbocycles. The van der Waals surface area contributed by atoms with Gasteiger partial charge in [-0.3, -0.25) is 4.79 Å². The van der Waals surface area contributed by atoms with Crippen molar-refractivity contribution in [3.63, 3.8) is 0 Å². The van der Waals surface area contributed by atoms with E-state index < -0.39 is 18.1 Å². The average Bonchev–Trinajstić information content (AvgIpc) is 3.02. The van der Waals surface area contributed by atoms with Gasteiger partial charge in [-0.2, -0.15) is 25.8 Å². The fourth-order valence-corrected chi connectivity index (χ4v) is 9.45. The molecule has 8 unspecified atom stereocenters. The van der Waals surface area contributed by atoms with Crippen molar-refractivity contribution < 1.29 is 23.1 Å². The van der Waals surface area contributed by atoms with Crippen molar-refractivity contribution in [1.29, 1.82) is 0 Å². The highest BCUT2D eigenvalue weighted by Crippen LogP contribution is 2.70. The molecule has 4 aliphatic carbocycles. The van der Waals surface area contributed by atoms with Gasteiger partial charge in [0.15, 0.2) is 0 Å². The van der Waals surface area contributed by atoms with Gasteiger partial charge in [0.05, 0.1) is 5.92 Å². The maximum absolute atomic E-state index is 13.3. The van der Waals surface area contributed by atoms with Crippen LogP contribution in [0.25, 0.3) is 0 Å². The second kappa shape index (κ2) is 10.5. The summed E-state index contributed by atoms with van der Waals surface area (Å²) in [6.07, 6.45) is 9.14. The predicted octanol–water partition coefficient (Wildman–Crippen LogP) is 8.94. The highest BCUT2D eigenvalue weighted by Gasteiger charge is 2.64. The van der Waals surface area contributed by atoms with Crippen molar-refractivity contribution in [2.75, 3.05) is 0 Å². The smallest absolute Gasteiger partial charge is 0.391 e. The van der Waals surface area contributed by atoms with Gasteiger partial charge in [0.2, 0.25) is 0 Å². The van der Waals surface area contributed by atoms with Gasteiger partial charge in [0.25, 0.3) is 0 Å². The fourth-order valence-electron chi connectivity index (χ4n) is 8.82. The van der Waals surface area contributed by atoms with Crippen molar-refractivity contribution in [2.24, 2.45) is 40.4 Å². The van der Waals surface area contributed by atoms with Crippen molar-refractivity contribution >= 4 is 18.6 Å². The first-order chi connectivity index (χ1) is 15.8. The molecule has 0 bridgehead atoms. The number of fused-ring (bicyclic) bond motifs is 5. The molecule has 4 fully saturated rings. The third-order valence-electron chi connectivity index (χ3n) is 10.9. The van der Waals surface area contributed by atoms with Crippen LogP contribution in [0.2, 0.25) is 0 Å². The topological polar surface area (TPSA) is 37.3 Å². The van der Waals surface area contributed by atoms with E-state index >= 15 is 0 Å². The van der Waals surface area contributed by atoms with Gasteiger partial charge in [-0.25, -0.2) is 0 Å². The number of alkyl halides is 3. The highest BCUT2D eigenvalue weighted by molar-refractivity contribution is 7.81. The standard InChI is InChI=1S/C23H37F3S.C5H10O2/c1-4-10-22(27)13-9-19-17-6-5-15-14-16(23(24,25)26)7-11-20(15,2)18(17)8-12-21(19,22)3;1-2-3-4-5(6)7/h15-19,27H,4-14H2,1-3H3;2-4H2,1H3,(H,6,7). The lowest BCUT2D eigenvalue weighted by molar-refractivity contribution is -0.207. The maximum Gasteiger partial charge on any atom is 0.391 e. The first kappa shape index (κ1) is 28.2. The number of carbonyl (C=O) groups is 1. The van der Waals surface area contributed by atoms with Crippen LogP contribution in [0, 0.1) is 40.4 Å². The molecule has 0 aliphatic heterocycles. The molecular formula is C28H47F3O2S. The summed E-state index contributed by atoms with van der Waals surface area (Å²) in [5.41, 5.74) is 0.457. The summed E-state index contributed by atoms with van der Waals surface area (Å²) in [4.78, 5) is 9.76. The minimum atomic E-state index is -4.00. The highest BCUT2D eigenvalue weighted by atomic mass is 32.1. The maximum atomic E-state index is 13.3. The lowest BCUT2D eigenvalue weighted by atomic mass is 9.44. The van der Waals surface area contributed by atoms with E-state index in [4.69, 9.17) is 17.7 Å². The molecule has 0 spiro atoms. The summed E-state index contributed by atoms with van der Waals surface area (Å²) in [5, 5.41) is 8.04. The summed E-state index contributed by atoms with van der Waals surface area (Å²) < 4.78 is 40.2. The SMILES string of the molecule is CCCC1(S)CCC2C3CCC4CC(C(F)(F)F)CCC4(C)C3CCC21C.CCCCC(=O)O. The Balaban J connectivity index is 0.000000406. The van der Waals surface area contributed by atoms with Crippen LogP contribution < -0.4 is 0 Å². The van der Waals surface area contributed by atoms with Gasteiger partial charge >= 0.3 is 12.1 Å². The Labute approximate surface area is 210 Å². The van der Waals surface area contributed by atoms with Crippen molar-refractivity contribution in [3.05, 3.63) is 0 Å². The molecule has 0 saturated heterocycles. The normalized spacial score (nSPS) is 43.7. The number of hydrogen-bond donors (Lipinski definition) is 2. The molecule has 4 rings (SSSR count). The van der Waals surface area contributed by atoms with E-state index in [1.54, 1.807) is 0 Å². The molecule has 4 saturated carbocycles. The molecule has 4 aliphatic rings. The molecule has 0 amide bonds. The number of halogens is 3. The molecule has 0 aromatic heterocycles. The Morgan fingerprint density at radius 2 is 1.65 bits per heavy atom. The van der Waals surface area contributed by atoms with E-state index in [1.165, 1.54) is 38.5 Å². The zero-order valence-electron chi connectivity index (χ0n) is 21.7. The van der Waals surface area contributed by atoms with Crippen LogP contribution in [0.1, 0.15) is 118 Å². The van der Waals surface area contributed by atoms with Crippen molar-refractivity contribution in [1.82, 2.24) is 0 Å². The summed E-state index contributed by atoms with van der Waals surface area (Å²) in [6, 6.07) is 0. The molecule has 8 atom stereocenters. The summed E-state index contributed by atoms with van der Waals surface area (Å²) in [5.74, 6) is 0.628. The van der Waals surface area contributed by atoms with Crippen LogP contribution in [-0.4, -0.2) is 22.0 Å². The molecule has 6 heteroatoms. The number of carboxylic acid groups (broad SMARTS) is 1. The predicted molar refractivity (Wildman–Crippen MR) is 135 cm³/mol. The Kier molecular flexibility index (Phi) is 8.73. The summed E-state index contributed by atoms with van der Waals surface area (Å²) >= 11 is 5.26. The van der Waals surface area contributed by atoms with Gasteiger partial charge < -0.3 is 5.11 Å². The van der Waals surface area contributed by atoms with Gasteiger partial charge in [-0.1, -0.05) is 40.5 Å². The fraction of sp³-hybridized carbons (Fsp3) is 0.964. The van der Waals surface area contributed by atoms with Crippen molar-refractivity contribution in [2.45, 2.75) is 129 Å². The summed E-state index contributed by atoms with van der Waals surface area (Å²) in [6.45, 7) is 9.10. The van der Waals surface area contributed by atoms with Gasteiger partial charge in [0.1, 0.15) is 0 Å². The first-order valence-corrected chi connectivity index (χ1v) is 14.3. The summed E-state index contributed by atoms with van der Waals surface area (Å²) in [7, 11) is 0. The minimum Gasteiger partial charge on any atom is -0.481 e. The van der Waals surface area contributed by atoms with E-state index in [0.29, 0.717) is 30.6 Å². The zero-order valence-corrected chi connectivity index (χ0v) is 22.6. The molecule has 0 radical (unpaired) electrons. The average molecular weight is 505 g/mol. The largest absolute Gasteiger partial charge is 0.481 e. The van der Waals surface area contributed by atoms with Crippen LogP contribution in [0.15, 0.2) is 0 Å². The first-order valence-electron chi connectivity index (χ1n) is 13.8. The number of thiol groups is 1. The van der Waals surface area contributed by atoms with E-state index in [0.717, 1.165) is 43.9 Å². The van der Waals surface area contributed by atoms with Gasteiger partial charge in [-0.05, 0) is 105 Å². The second-order valence-corrected chi connectivity index (χ2v) is 13.3. The van der Waals surface area contributed by atoms with E-state index in [2.05, 4.69) is 20.8 Å². The van der Waals surface area contributed by atoms with Crippen LogP contribution in [0.3, 0.4) is 0 Å². The van der Waals surface area contributed by atoms with Crippen LogP contribution in [0.5, 0.6) is 0 Å². The number of unbranched alkanes of at least 4 members (excludes halogenated alkanes) is 1. The third kappa shape index (κ3) is 5.18. The molecule has 0 heterocycles. The second-order valence-electron chi connectivity index (χ2n) is 12.4. The minimum absolute atomic E-state index is 0.138. The lowest BCUT2D eigenvalue weighted by Crippen LogP contribution is -2.56. The van der Waals surface area contributed by atoms with E-state index in [-0.39, 0.29) is 16.1 Å². The molecule has 2 nitrogen and oxygen atoms in total. The molecule has 1 N–H and O–H groups in total. The molecule has 198 valence electrons. The van der Waals surface area contributed by atoms with Gasteiger partial charge in [0, 0.05) is 11.2 Å². The lowest BCUT2D eigenvalue weighted by Gasteiger charge is -2.62. The Morgan fingerprint density at radius 1 is 0.971 bits per heavy atom. The van der Waals surface area contributed by atoms with Crippen LogP contribution >= 0.6 is 12.6 Å².